The maximum absolute atomic E-state index is 5.64. The van der Waals surface area contributed by atoms with Gasteiger partial charge in [0, 0.05) is 43.8 Å². The molecule has 2 aromatic rings. The van der Waals surface area contributed by atoms with E-state index in [1.165, 1.54) is 0 Å². The second-order valence-corrected chi connectivity index (χ2v) is 4.86. The van der Waals surface area contributed by atoms with Gasteiger partial charge in [-0.25, -0.2) is 15.0 Å². The number of nitrogens with zero attached hydrogens (tertiary/aromatic N) is 5. The lowest BCUT2D eigenvalue weighted by molar-refractivity contribution is 0.214. The summed E-state index contributed by atoms with van der Waals surface area (Å²) in [6.07, 6.45) is 10.9. The molecule has 1 fully saturated rings. The standard InChI is InChI=1S/C14H17N5O/c1-3-12(11-20-14-17-4-2-5-18-14)10-19(8-1)13-9-15-6-7-16-13/h2,4-7,9,12H,1,3,8,10-11H2. The lowest BCUT2D eigenvalue weighted by atomic mass is 9.99. The molecule has 0 aliphatic carbocycles. The predicted octanol–water partition coefficient (Wildman–Crippen LogP) is 1.56. The van der Waals surface area contributed by atoms with Crippen molar-refractivity contribution >= 4 is 5.82 Å². The third-order valence-electron chi connectivity index (χ3n) is 3.38. The summed E-state index contributed by atoms with van der Waals surface area (Å²) in [6.45, 7) is 2.60. The molecule has 3 heterocycles. The average molecular weight is 271 g/mol. The maximum Gasteiger partial charge on any atom is 0.316 e. The molecule has 3 rings (SSSR count). The van der Waals surface area contributed by atoms with E-state index < -0.39 is 0 Å². The van der Waals surface area contributed by atoms with Crippen LogP contribution in [-0.2, 0) is 0 Å². The van der Waals surface area contributed by atoms with Crippen LogP contribution < -0.4 is 9.64 Å². The Morgan fingerprint density at radius 3 is 2.85 bits per heavy atom. The van der Waals surface area contributed by atoms with Gasteiger partial charge in [0.1, 0.15) is 5.82 Å². The molecule has 1 unspecified atom stereocenters. The smallest absolute Gasteiger partial charge is 0.316 e. The Bertz CT molecular complexity index is 522. The van der Waals surface area contributed by atoms with Crippen molar-refractivity contribution in [1.29, 1.82) is 0 Å². The molecule has 0 spiro atoms. The summed E-state index contributed by atoms with van der Waals surface area (Å²) < 4.78 is 5.64. The zero-order chi connectivity index (χ0) is 13.6. The number of ether oxygens (including phenoxy) is 1. The second-order valence-electron chi connectivity index (χ2n) is 4.86. The predicted molar refractivity (Wildman–Crippen MR) is 74.5 cm³/mol. The van der Waals surface area contributed by atoms with Gasteiger partial charge in [0.15, 0.2) is 0 Å². The van der Waals surface area contributed by atoms with Crippen LogP contribution in [0.25, 0.3) is 0 Å². The molecule has 2 aromatic heterocycles. The van der Waals surface area contributed by atoms with Gasteiger partial charge in [-0.05, 0) is 18.9 Å². The lowest BCUT2D eigenvalue weighted by Crippen LogP contribution is -2.38. The van der Waals surface area contributed by atoms with Crippen LogP contribution in [-0.4, -0.2) is 39.6 Å². The van der Waals surface area contributed by atoms with Gasteiger partial charge in [-0.2, -0.15) is 0 Å². The Balaban J connectivity index is 1.56. The first kappa shape index (κ1) is 12.8. The van der Waals surface area contributed by atoms with Crippen molar-refractivity contribution in [2.24, 2.45) is 5.92 Å². The van der Waals surface area contributed by atoms with Crippen LogP contribution in [0.5, 0.6) is 6.01 Å². The fourth-order valence-electron chi connectivity index (χ4n) is 2.42. The van der Waals surface area contributed by atoms with Crippen LogP contribution in [0, 0.1) is 5.92 Å². The van der Waals surface area contributed by atoms with E-state index in [2.05, 4.69) is 24.8 Å². The molecule has 0 radical (unpaired) electrons. The number of aromatic nitrogens is 4. The Labute approximate surface area is 117 Å². The van der Waals surface area contributed by atoms with E-state index in [-0.39, 0.29) is 0 Å². The highest BCUT2D eigenvalue weighted by molar-refractivity contribution is 5.35. The number of anilines is 1. The summed E-state index contributed by atoms with van der Waals surface area (Å²) in [6, 6.07) is 2.23. The summed E-state index contributed by atoms with van der Waals surface area (Å²) in [5.74, 6) is 1.41. The van der Waals surface area contributed by atoms with Gasteiger partial charge >= 0.3 is 6.01 Å². The van der Waals surface area contributed by atoms with Crippen LogP contribution in [0.4, 0.5) is 5.82 Å². The monoisotopic (exact) mass is 271 g/mol. The van der Waals surface area contributed by atoms with Gasteiger partial charge in [0.25, 0.3) is 0 Å². The Morgan fingerprint density at radius 2 is 2.05 bits per heavy atom. The van der Waals surface area contributed by atoms with Crippen LogP contribution in [0.15, 0.2) is 37.1 Å². The third kappa shape index (κ3) is 3.20. The van der Waals surface area contributed by atoms with Crippen molar-refractivity contribution in [3.8, 4) is 6.01 Å². The molecule has 0 aromatic carbocycles. The number of hydrogen-bond donors (Lipinski definition) is 0. The Kier molecular flexibility index (Phi) is 4.01. The van der Waals surface area contributed by atoms with Crippen LogP contribution in [0.1, 0.15) is 12.8 Å². The molecule has 6 heteroatoms. The van der Waals surface area contributed by atoms with Crippen molar-refractivity contribution in [2.75, 3.05) is 24.6 Å². The van der Waals surface area contributed by atoms with Crippen LogP contribution in [0.3, 0.4) is 0 Å². The second kappa shape index (κ2) is 6.27. The lowest BCUT2D eigenvalue weighted by Gasteiger charge is -2.32. The minimum Gasteiger partial charge on any atom is -0.463 e. The first-order valence-corrected chi connectivity index (χ1v) is 6.82. The van der Waals surface area contributed by atoms with E-state index in [0.717, 1.165) is 31.7 Å². The Morgan fingerprint density at radius 1 is 1.15 bits per heavy atom. The van der Waals surface area contributed by atoms with Crippen molar-refractivity contribution in [2.45, 2.75) is 12.8 Å². The minimum atomic E-state index is 0.448. The summed E-state index contributed by atoms with van der Waals surface area (Å²) >= 11 is 0. The minimum absolute atomic E-state index is 0.448. The first-order chi connectivity index (χ1) is 9.92. The molecule has 6 nitrogen and oxygen atoms in total. The molecule has 1 aliphatic heterocycles. The highest BCUT2D eigenvalue weighted by Gasteiger charge is 2.21. The highest BCUT2D eigenvalue weighted by atomic mass is 16.5. The molecule has 20 heavy (non-hydrogen) atoms. The third-order valence-corrected chi connectivity index (χ3v) is 3.38. The van der Waals surface area contributed by atoms with Gasteiger partial charge in [0.2, 0.25) is 0 Å². The van der Waals surface area contributed by atoms with Crippen molar-refractivity contribution in [3.05, 3.63) is 37.1 Å². The van der Waals surface area contributed by atoms with E-state index in [4.69, 9.17) is 4.74 Å². The van der Waals surface area contributed by atoms with Crippen molar-refractivity contribution in [1.82, 2.24) is 19.9 Å². The molecule has 0 N–H and O–H groups in total. The van der Waals surface area contributed by atoms with Crippen LogP contribution in [0.2, 0.25) is 0 Å². The van der Waals surface area contributed by atoms with E-state index in [1.54, 1.807) is 30.9 Å². The number of hydrogen-bond acceptors (Lipinski definition) is 6. The quantitative estimate of drug-likeness (QED) is 0.841. The first-order valence-electron chi connectivity index (χ1n) is 6.82. The largest absolute Gasteiger partial charge is 0.463 e. The molecular weight excluding hydrogens is 254 g/mol. The van der Waals surface area contributed by atoms with Gasteiger partial charge in [0.05, 0.1) is 12.8 Å². The Hall–Kier alpha value is -2.24. The summed E-state index contributed by atoms with van der Waals surface area (Å²) in [4.78, 5) is 18.9. The normalized spacial score (nSPS) is 18.8. The fraction of sp³-hybridized carbons (Fsp3) is 0.429. The number of rotatable bonds is 4. The molecular formula is C14H17N5O. The molecule has 0 saturated carbocycles. The summed E-state index contributed by atoms with van der Waals surface area (Å²) in [5, 5.41) is 0. The zero-order valence-corrected chi connectivity index (χ0v) is 11.2. The van der Waals surface area contributed by atoms with Gasteiger partial charge in [-0.3, -0.25) is 4.98 Å². The molecule has 104 valence electrons. The zero-order valence-electron chi connectivity index (χ0n) is 11.2. The summed E-state index contributed by atoms with van der Waals surface area (Å²) in [7, 11) is 0. The topological polar surface area (TPSA) is 64.0 Å². The van der Waals surface area contributed by atoms with E-state index in [0.29, 0.717) is 18.5 Å². The highest BCUT2D eigenvalue weighted by Crippen LogP contribution is 2.21. The van der Waals surface area contributed by atoms with E-state index in [9.17, 15) is 0 Å². The SMILES string of the molecule is c1cnc(OCC2CCCN(c3cnccn3)C2)nc1. The van der Waals surface area contributed by atoms with Crippen LogP contribution >= 0.6 is 0 Å². The fourth-order valence-corrected chi connectivity index (χ4v) is 2.42. The molecule has 1 aliphatic rings. The molecule has 0 bridgehead atoms. The van der Waals surface area contributed by atoms with Gasteiger partial charge in [-0.15, -0.1) is 0 Å². The average Bonchev–Trinajstić information content (AvgIpc) is 2.55. The van der Waals surface area contributed by atoms with Crippen molar-refractivity contribution < 1.29 is 4.74 Å². The summed E-state index contributed by atoms with van der Waals surface area (Å²) in [5.41, 5.74) is 0. The van der Waals surface area contributed by atoms with Gasteiger partial charge in [-0.1, -0.05) is 0 Å². The molecule has 1 saturated heterocycles. The maximum atomic E-state index is 5.64. The van der Waals surface area contributed by atoms with E-state index in [1.807, 2.05) is 6.20 Å². The van der Waals surface area contributed by atoms with Gasteiger partial charge < -0.3 is 9.64 Å². The van der Waals surface area contributed by atoms with E-state index >= 15 is 0 Å². The molecule has 1 atom stereocenters. The molecule has 0 amide bonds. The van der Waals surface area contributed by atoms with Crippen molar-refractivity contribution in [3.63, 3.8) is 0 Å². The number of piperidine rings is 1.